The second-order valence-electron chi connectivity index (χ2n) is 10.1. The zero-order valence-corrected chi connectivity index (χ0v) is 19.8. The van der Waals surface area contributed by atoms with E-state index >= 15 is 0 Å². The van der Waals surface area contributed by atoms with E-state index in [2.05, 4.69) is 10.1 Å². The molecular weight excluding hydrogens is 453 g/mol. The van der Waals surface area contributed by atoms with Crippen LogP contribution in [0, 0.1) is 0 Å². The summed E-state index contributed by atoms with van der Waals surface area (Å²) in [7, 11) is 0. The Bertz CT molecular complexity index is 878. The molecule has 2 amide bonds. The minimum Gasteiger partial charge on any atom is -0.444 e. The Morgan fingerprint density at radius 1 is 1.18 bits per heavy atom. The standard InChI is InChI=1S/C24H33F3N2O5/c1-22(2,3)34-21(31)28-17-10-13-29(15-17)20(30)19(23(32)11-5-4-6-12-23)16-8-7-9-18(14-16)33-24(25,26)27/h7-9,14,17,19,32H,4-6,10-13,15H2,1-3H3,(H,28,31)/t17-,19+/m0/s1. The molecule has 2 fully saturated rings. The lowest BCUT2D eigenvalue weighted by Crippen LogP contribution is -2.48. The van der Waals surface area contributed by atoms with Crippen molar-refractivity contribution >= 4 is 12.0 Å². The van der Waals surface area contributed by atoms with Crippen molar-refractivity contribution in [2.45, 2.75) is 88.8 Å². The zero-order valence-electron chi connectivity index (χ0n) is 19.8. The Hall–Kier alpha value is -2.49. The number of hydrogen-bond donors (Lipinski definition) is 2. The summed E-state index contributed by atoms with van der Waals surface area (Å²) in [5, 5.41) is 14.2. The molecule has 10 heteroatoms. The topological polar surface area (TPSA) is 88.1 Å². The van der Waals surface area contributed by atoms with Crippen molar-refractivity contribution in [2.75, 3.05) is 13.1 Å². The first-order chi connectivity index (χ1) is 15.8. The lowest BCUT2D eigenvalue weighted by atomic mass is 9.72. The van der Waals surface area contributed by atoms with Crippen molar-refractivity contribution in [3.8, 4) is 5.75 Å². The monoisotopic (exact) mass is 486 g/mol. The maximum Gasteiger partial charge on any atom is 0.573 e. The SMILES string of the molecule is CC(C)(C)OC(=O)N[C@H]1CCN(C(=O)[C@@H](c2cccc(OC(F)(F)F)c2)C2(O)CCCCC2)C1. The van der Waals surface area contributed by atoms with Crippen LogP contribution in [0.5, 0.6) is 5.75 Å². The van der Waals surface area contributed by atoms with Crippen molar-refractivity contribution in [1.29, 1.82) is 0 Å². The Balaban J connectivity index is 1.80. The summed E-state index contributed by atoms with van der Waals surface area (Å²) in [6.07, 6.45) is -1.81. The number of nitrogens with zero attached hydrogens (tertiary/aromatic N) is 1. The molecule has 2 aliphatic rings. The van der Waals surface area contributed by atoms with Gasteiger partial charge in [-0.15, -0.1) is 13.2 Å². The molecule has 0 bridgehead atoms. The molecule has 1 saturated carbocycles. The molecule has 0 unspecified atom stereocenters. The first-order valence-corrected chi connectivity index (χ1v) is 11.6. The van der Waals surface area contributed by atoms with Gasteiger partial charge in [-0.05, 0) is 57.7 Å². The summed E-state index contributed by atoms with van der Waals surface area (Å²) in [4.78, 5) is 27.3. The molecule has 2 atom stereocenters. The first-order valence-electron chi connectivity index (χ1n) is 11.6. The van der Waals surface area contributed by atoms with Crippen molar-refractivity contribution in [1.82, 2.24) is 10.2 Å². The lowest BCUT2D eigenvalue weighted by molar-refractivity contribution is -0.274. The molecule has 190 valence electrons. The summed E-state index contributed by atoms with van der Waals surface area (Å²) in [6.45, 7) is 5.84. The van der Waals surface area contributed by atoms with Crippen LogP contribution in [0.25, 0.3) is 0 Å². The fraction of sp³-hybridized carbons (Fsp3) is 0.667. The molecule has 34 heavy (non-hydrogen) atoms. The van der Waals surface area contributed by atoms with Gasteiger partial charge in [-0.25, -0.2) is 4.79 Å². The summed E-state index contributed by atoms with van der Waals surface area (Å²) < 4.78 is 47.6. The van der Waals surface area contributed by atoms with Crippen LogP contribution in [-0.4, -0.2) is 58.7 Å². The molecule has 1 aromatic rings. The number of benzene rings is 1. The fourth-order valence-corrected chi connectivity index (χ4v) is 4.76. The van der Waals surface area contributed by atoms with Gasteiger partial charge < -0.3 is 24.8 Å². The van der Waals surface area contributed by atoms with E-state index in [1.165, 1.54) is 18.2 Å². The maximum absolute atomic E-state index is 13.7. The third-order valence-corrected chi connectivity index (χ3v) is 6.15. The Labute approximate surface area is 197 Å². The molecule has 0 radical (unpaired) electrons. The first kappa shape index (κ1) is 26.1. The number of halogens is 3. The minimum atomic E-state index is -4.87. The zero-order chi connectivity index (χ0) is 25.1. The Morgan fingerprint density at radius 2 is 1.85 bits per heavy atom. The number of carbonyl (C=O) groups excluding carboxylic acids is 2. The number of likely N-dealkylation sites (tertiary alicyclic amines) is 1. The summed E-state index contributed by atoms with van der Waals surface area (Å²) in [6, 6.07) is 4.96. The van der Waals surface area contributed by atoms with E-state index < -0.39 is 35.3 Å². The van der Waals surface area contributed by atoms with Crippen LogP contribution in [0.2, 0.25) is 0 Å². The van der Waals surface area contributed by atoms with E-state index in [0.717, 1.165) is 19.3 Å². The van der Waals surface area contributed by atoms with Gasteiger partial charge in [0.25, 0.3) is 0 Å². The van der Waals surface area contributed by atoms with Crippen molar-refractivity contribution < 1.29 is 37.3 Å². The largest absolute Gasteiger partial charge is 0.573 e. The van der Waals surface area contributed by atoms with Crippen LogP contribution in [0.1, 0.15) is 70.8 Å². The van der Waals surface area contributed by atoms with E-state index in [4.69, 9.17) is 4.74 Å². The Morgan fingerprint density at radius 3 is 2.47 bits per heavy atom. The maximum atomic E-state index is 13.7. The van der Waals surface area contributed by atoms with Crippen molar-refractivity contribution in [2.24, 2.45) is 0 Å². The second kappa shape index (κ2) is 10.0. The molecular formula is C24H33F3N2O5. The quantitative estimate of drug-likeness (QED) is 0.640. The van der Waals surface area contributed by atoms with Gasteiger partial charge in [-0.2, -0.15) is 0 Å². The molecule has 1 heterocycles. The lowest BCUT2D eigenvalue weighted by Gasteiger charge is -2.40. The van der Waals surface area contributed by atoms with Crippen LogP contribution in [-0.2, 0) is 9.53 Å². The van der Waals surface area contributed by atoms with Gasteiger partial charge in [0.15, 0.2) is 0 Å². The highest BCUT2D eigenvalue weighted by atomic mass is 19.4. The van der Waals surface area contributed by atoms with Crippen LogP contribution in [0.3, 0.4) is 0 Å². The molecule has 7 nitrogen and oxygen atoms in total. The number of aliphatic hydroxyl groups is 1. The highest BCUT2D eigenvalue weighted by Crippen LogP contribution is 2.42. The molecule has 1 aliphatic heterocycles. The molecule has 2 N–H and O–H groups in total. The predicted molar refractivity (Wildman–Crippen MR) is 118 cm³/mol. The van der Waals surface area contributed by atoms with Gasteiger partial charge in [-0.3, -0.25) is 4.79 Å². The van der Waals surface area contributed by atoms with Gasteiger partial charge in [0.05, 0.1) is 17.6 Å². The molecule has 0 spiro atoms. The van der Waals surface area contributed by atoms with Gasteiger partial charge in [0, 0.05) is 13.1 Å². The van der Waals surface area contributed by atoms with Crippen LogP contribution in [0.4, 0.5) is 18.0 Å². The number of nitrogens with one attached hydrogen (secondary N) is 1. The van der Waals surface area contributed by atoms with E-state index in [-0.39, 0.29) is 24.1 Å². The molecule has 0 aromatic heterocycles. The van der Waals surface area contributed by atoms with E-state index in [0.29, 0.717) is 25.8 Å². The van der Waals surface area contributed by atoms with Gasteiger partial charge >= 0.3 is 12.5 Å². The second-order valence-corrected chi connectivity index (χ2v) is 10.1. The average molecular weight is 487 g/mol. The number of rotatable bonds is 5. The summed E-state index contributed by atoms with van der Waals surface area (Å²) in [5.41, 5.74) is -1.75. The van der Waals surface area contributed by atoms with Crippen LogP contribution < -0.4 is 10.1 Å². The van der Waals surface area contributed by atoms with E-state index in [9.17, 15) is 27.9 Å². The predicted octanol–water partition coefficient (Wildman–Crippen LogP) is 4.49. The highest BCUT2D eigenvalue weighted by Gasteiger charge is 2.46. The average Bonchev–Trinajstić information content (AvgIpc) is 3.14. The van der Waals surface area contributed by atoms with Gasteiger partial charge in [0.1, 0.15) is 11.4 Å². The molecule has 1 saturated heterocycles. The minimum absolute atomic E-state index is 0.226. The van der Waals surface area contributed by atoms with Crippen LogP contribution >= 0.6 is 0 Å². The number of carbonyl (C=O) groups is 2. The number of hydrogen-bond acceptors (Lipinski definition) is 5. The number of amides is 2. The number of alkyl halides is 3. The smallest absolute Gasteiger partial charge is 0.444 e. The van der Waals surface area contributed by atoms with Crippen molar-refractivity contribution in [3.05, 3.63) is 29.8 Å². The normalized spacial score (nSPS) is 21.6. The van der Waals surface area contributed by atoms with E-state index in [1.807, 2.05) is 0 Å². The molecule has 3 rings (SSSR count). The third kappa shape index (κ3) is 7.01. The van der Waals surface area contributed by atoms with Crippen molar-refractivity contribution in [3.63, 3.8) is 0 Å². The Kier molecular flexibility index (Phi) is 7.69. The van der Waals surface area contributed by atoms with Gasteiger partial charge in [0.2, 0.25) is 5.91 Å². The fourth-order valence-electron chi connectivity index (χ4n) is 4.76. The summed E-state index contributed by atoms with van der Waals surface area (Å²) in [5.74, 6) is -1.85. The van der Waals surface area contributed by atoms with Crippen LogP contribution in [0.15, 0.2) is 24.3 Å². The van der Waals surface area contributed by atoms with E-state index in [1.54, 1.807) is 31.7 Å². The third-order valence-electron chi connectivity index (χ3n) is 6.15. The summed E-state index contributed by atoms with van der Waals surface area (Å²) >= 11 is 0. The number of alkyl carbamates (subject to hydrolysis) is 1. The molecule has 1 aliphatic carbocycles. The van der Waals surface area contributed by atoms with Gasteiger partial charge in [-0.1, -0.05) is 31.4 Å². The highest BCUT2D eigenvalue weighted by molar-refractivity contribution is 5.86. The molecule has 1 aromatic carbocycles. The number of ether oxygens (including phenoxy) is 2.